The second-order valence-corrected chi connectivity index (χ2v) is 6.95. The number of halogens is 1. The molecular weight excluding hydrogens is 360 g/mol. The number of rotatable bonds is 8. The van der Waals surface area contributed by atoms with Crippen LogP contribution in [-0.2, 0) is 20.8 Å². The van der Waals surface area contributed by atoms with Crippen molar-refractivity contribution in [2.24, 2.45) is 10.7 Å². The summed E-state index contributed by atoms with van der Waals surface area (Å²) in [5, 5.41) is 0. The van der Waals surface area contributed by atoms with Crippen LogP contribution in [0.2, 0.25) is 0 Å². The van der Waals surface area contributed by atoms with Crippen molar-refractivity contribution in [3.63, 3.8) is 0 Å². The van der Waals surface area contributed by atoms with Gasteiger partial charge in [0.1, 0.15) is 5.75 Å². The molecule has 0 aliphatic heterocycles. The minimum absolute atomic E-state index is 0.110. The molecule has 0 aliphatic carbocycles. The Morgan fingerprint density at radius 3 is 2.67 bits per heavy atom. The quantitative estimate of drug-likeness (QED) is 0.323. The van der Waals surface area contributed by atoms with Crippen LogP contribution in [0.1, 0.15) is 18.9 Å². The molecule has 0 heterocycles. The summed E-state index contributed by atoms with van der Waals surface area (Å²) in [7, 11) is -3.38. The van der Waals surface area contributed by atoms with Crippen LogP contribution < -0.4 is 10.5 Å². The lowest BCUT2D eigenvalue weighted by atomic mass is 10.2. The summed E-state index contributed by atoms with van der Waals surface area (Å²) in [6, 6.07) is 5.65. The molecule has 2 N–H and O–H groups in total. The van der Waals surface area contributed by atoms with Crippen molar-refractivity contribution >= 4 is 31.9 Å². The smallest absolute Gasteiger partial charge is 0.264 e. The molecule has 0 amide bonds. The third kappa shape index (κ3) is 8.03. The molecule has 1 rings (SSSR count). The van der Waals surface area contributed by atoms with Crippen molar-refractivity contribution < 1.29 is 17.3 Å². The molecule has 21 heavy (non-hydrogen) atoms. The maximum absolute atomic E-state index is 10.8. The average Bonchev–Trinajstić information content (AvgIpc) is 2.36. The molecular formula is C13H19BrN2O4S. The summed E-state index contributed by atoms with van der Waals surface area (Å²) in [4.78, 5) is 4.13. The van der Waals surface area contributed by atoms with Gasteiger partial charge in [-0.2, -0.15) is 8.42 Å². The molecule has 0 atom stereocenters. The molecule has 0 aliphatic rings. The van der Waals surface area contributed by atoms with Crippen LogP contribution in [0, 0.1) is 0 Å². The van der Waals surface area contributed by atoms with E-state index in [2.05, 4.69) is 25.1 Å². The molecule has 6 nitrogen and oxygen atoms in total. The number of ether oxygens (including phenoxy) is 1. The van der Waals surface area contributed by atoms with Crippen LogP contribution >= 0.6 is 15.9 Å². The molecule has 0 aromatic heterocycles. The Balaban J connectivity index is 2.44. The highest BCUT2D eigenvalue weighted by Crippen LogP contribution is 2.26. The topological polar surface area (TPSA) is 91.0 Å². The first kappa shape index (κ1) is 17.9. The third-order valence-corrected chi connectivity index (χ3v) is 3.57. The van der Waals surface area contributed by atoms with E-state index in [4.69, 9.17) is 10.5 Å². The molecule has 118 valence electrons. The lowest BCUT2D eigenvalue weighted by Gasteiger charge is -2.09. The Labute approximate surface area is 133 Å². The molecule has 0 radical (unpaired) electrons. The maximum Gasteiger partial charge on any atom is 0.264 e. The molecule has 0 spiro atoms. The van der Waals surface area contributed by atoms with Crippen LogP contribution in [0.25, 0.3) is 0 Å². The van der Waals surface area contributed by atoms with E-state index in [1.54, 1.807) is 6.92 Å². The van der Waals surface area contributed by atoms with Crippen LogP contribution in [0.3, 0.4) is 0 Å². The molecule has 1 aromatic rings. The van der Waals surface area contributed by atoms with Crippen molar-refractivity contribution in [2.45, 2.75) is 19.9 Å². The lowest BCUT2D eigenvalue weighted by molar-refractivity contribution is 0.251. The van der Waals surface area contributed by atoms with Gasteiger partial charge in [0.05, 0.1) is 36.3 Å². The average molecular weight is 379 g/mol. The summed E-state index contributed by atoms with van der Waals surface area (Å²) in [6.07, 6.45) is 1.51. The summed E-state index contributed by atoms with van der Waals surface area (Å²) >= 11 is 3.42. The number of hydrogen-bond acceptors (Lipinski definition) is 5. The molecule has 0 saturated carbocycles. The van der Waals surface area contributed by atoms with Gasteiger partial charge >= 0.3 is 0 Å². The van der Waals surface area contributed by atoms with E-state index in [1.807, 2.05) is 18.2 Å². The van der Waals surface area contributed by atoms with Crippen LogP contribution in [0.4, 0.5) is 0 Å². The van der Waals surface area contributed by atoms with Crippen molar-refractivity contribution in [2.75, 3.05) is 19.5 Å². The second kappa shape index (κ2) is 8.35. The van der Waals surface area contributed by atoms with Gasteiger partial charge in [-0.15, -0.1) is 0 Å². The van der Waals surface area contributed by atoms with Gasteiger partial charge in [0.25, 0.3) is 10.1 Å². The third-order valence-electron chi connectivity index (χ3n) is 2.35. The standard InChI is InChI=1S/C13H19BrN2O4S/c1-10(15)16-9-11-4-5-13(12(14)8-11)19-6-3-7-20-21(2,17)18/h4-5,8H,3,6-7,9H2,1-2H3,(H2,15,16). The van der Waals surface area contributed by atoms with Gasteiger partial charge < -0.3 is 10.5 Å². The van der Waals surface area contributed by atoms with E-state index in [1.165, 1.54) is 0 Å². The molecule has 0 unspecified atom stereocenters. The first-order valence-electron chi connectivity index (χ1n) is 6.30. The van der Waals surface area contributed by atoms with Crippen LogP contribution in [0.5, 0.6) is 5.75 Å². The zero-order valence-electron chi connectivity index (χ0n) is 12.0. The highest BCUT2D eigenvalue weighted by atomic mass is 79.9. The minimum atomic E-state index is -3.38. The van der Waals surface area contributed by atoms with Gasteiger partial charge in [-0.1, -0.05) is 6.07 Å². The Bertz CT molecular complexity index is 598. The lowest BCUT2D eigenvalue weighted by Crippen LogP contribution is -2.08. The zero-order valence-corrected chi connectivity index (χ0v) is 14.4. The van der Waals surface area contributed by atoms with Gasteiger partial charge in [-0.3, -0.25) is 9.18 Å². The van der Waals surface area contributed by atoms with Gasteiger partial charge in [0.15, 0.2) is 0 Å². The van der Waals surface area contributed by atoms with Gasteiger partial charge in [-0.25, -0.2) is 0 Å². The molecule has 1 aromatic carbocycles. The Hall–Kier alpha value is -1.12. The number of amidine groups is 1. The van der Waals surface area contributed by atoms with E-state index >= 15 is 0 Å². The highest BCUT2D eigenvalue weighted by Gasteiger charge is 2.04. The van der Waals surface area contributed by atoms with Crippen molar-refractivity contribution in [1.29, 1.82) is 0 Å². The monoisotopic (exact) mass is 378 g/mol. The van der Waals surface area contributed by atoms with Crippen molar-refractivity contribution in [1.82, 2.24) is 0 Å². The van der Waals surface area contributed by atoms with Gasteiger partial charge in [0, 0.05) is 6.42 Å². The van der Waals surface area contributed by atoms with Gasteiger partial charge in [0.2, 0.25) is 0 Å². The Morgan fingerprint density at radius 1 is 1.38 bits per heavy atom. The van der Waals surface area contributed by atoms with Gasteiger partial charge in [-0.05, 0) is 40.5 Å². The molecule has 0 bridgehead atoms. The summed E-state index contributed by atoms with van der Waals surface area (Å²) in [6.45, 7) is 2.74. The minimum Gasteiger partial charge on any atom is -0.492 e. The Morgan fingerprint density at radius 2 is 2.10 bits per heavy atom. The summed E-state index contributed by atoms with van der Waals surface area (Å²) in [5.74, 6) is 1.23. The predicted molar refractivity (Wildman–Crippen MR) is 86.1 cm³/mol. The fourth-order valence-electron chi connectivity index (χ4n) is 1.43. The number of hydrogen-bond donors (Lipinski definition) is 1. The van der Waals surface area contributed by atoms with E-state index in [9.17, 15) is 8.42 Å². The normalized spacial score (nSPS) is 12.4. The largest absolute Gasteiger partial charge is 0.492 e. The maximum atomic E-state index is 10.8. The highest BCUT2D eigenvalue weighted by molar-refractivity contribution is 9.10. The van der Waals surface area contributed by atoms with E-state index in [0.29, 0.717) is 31.2 Å². The first-order chi connectivity index (χ1) is 9.78. The first-order valence-corrected chi connectivity index (χ1v) is 8.91. The van der Waals surface area contributed by atoms with Crippen molar-refractivity contribution in [3.8, 4) is 5.75 Å². The fourth-order valence-corrected chi connectivity index (χ4v) is 2.39. The van der Waals surface area contributed by atoms with Crippen LogP contribution in [0.15, 0.2) is 27.7 Å². The second-order valence-electron chi connectivity index (χ2n) is 4.45. The summed E-state index contributed by atoms with van der Waals surface area (Å²) < 4.78 is 32.5. The number of benzene rings is 1. The van der Waals surface area contributed by atoms with E-state index in [-0.39, 0.29) is 6.61 Å². The zero-order chi connectivity index (χ0) is 15.9. The van der Waals surface area contributed by atoms with E-state index < -0.39 is 10.1 Å². The number of aliphatic imine (C=N–C) groups is 1. The van der Waals surface area contributed by atoms with E-state index in [0.717, 1.165) is 16.3 Å². The van der Waals surface area contributed by atoms with Crippen molar-refractivity contribution in [3.05, 3.63) is 28.2 Å². The SMILES string of the molecule is CC(N)=NCc1ccc(OCCCOS(C)(=O)=O)c(Br)c1. The van der Waals surface area contributed by atoms with Crippen LogP contribution in [-0.4, -0.2) is 33.7 Å². The number of nitrogens with zero attached hydrogens (tertiary/aromatic N) is 1. The summed E-state index contributed by atoms with van der Waals surface area (Å²) in [5.41, 5.74) is 6.51. The fraction of sp³-hybridized carbons (Fsp3) is 0.462. The molecule has 8 heteroatoms. The number of nitrogens with two attached hydrogens (primary N) is 1. The Kier molecular flexibility index (Phi) is 7.13. The molecule has 0 saturated heterocycles. The molecule has 0 fully saturated rings. The predicted octanol–water partition coefficient (Wildman–Crippen LogP) is 2.07.